The summed E-state index contributed by atoms with van der Waals surface area (Å²) in [6.07, 6.45) is 0.722. The molecule has 1 N–H and O–H groups in total. The summed E-state index contributed by atoms with van der Waals surface area (Å²) in [4.78, 5) is 22.8. The van der Waals surface area contributed by atoms with Gasteiger partial charge in [-0.3, -0.25) is 9.59 Å². The number of rotatable bonds is 6. The number of amides is 1. The zero-order valence-electron chi connectivity index (χ0n) is 15.0. The average molecular weight is 341 g/mol. The molecule has 0 aliphatic heterocycles. The molecule has 0 aliphatic rings. The molecule has 5 nitrogen and oxygen atoms in total. The highest BCUT2D eigenvalue weighted by Gasteiger charge is 2.13. The molecule has 0 spiro atoms. The van der Waals surface area contributed by atoms with Crippen LogP contribution in [0.4, 0.5) is 5.69 Å². The van der Waals surface area contributed by atoms with Crippen LogP contribution in [0.25, 0.3) is 0 Å². The molecule has 0 bridgehead atoms. The minimum Gasteiger partial charge on any atom is -0.493 e. The van der Waals surface area contributed by atoms with Crippen molar-refractivity contribution in [2.45, 2.75) is 26.2 Å². The van der Waals surface area contributed by atoms with Gasteiger partial charge in [0.25, 0.3) is 5.91 Å². The molecule has 25 heavy (non-hydrogen) atoms. The van der Waals surface area contributed by atoms with E-state index in [-0.39, 0.29) is 17.9 Å². The number of hydrogen-bond donors (Lipinski definition) is 1. The van der Waals surface area contributed by atoms with E-state index in [0.29, 0.717) is 22.7 Å². The molecule has 2 aromatic rings. The highest BCUT2D eigenvalue weighted by molar-refractivity contribution is 5.92. The van der Waals surface area contributed by atoms with Crippen molar-refractivity contribution >= 4 is 17.9 Å². The van der Waals surface area contributed by atoms with E-state index in [1.807, 2.05) is 24.3 Å². The average Bonchev–Trinajstić information content (AvgIpc) is 2.59. The summed E-state index contributed by atoms with van der Waals surface area (Å²) in [5.41, 5.74) is 2.45. The molecular weight excluding hydrogens is 318 g/mol. The smallest absolute Gasteiger partial charge is 0.262 e. The van der Waals surface area contributed by atoms with Gasteiger partial charge in [-0.2, -0.15) is 0 Å². The van der Waals surface area contributed by atoms with Gasteiger partial charge in [-0.1, -0.05) is 32.9 Å². The van der Waals surface area contributed by atoms with Gasteiger partial charge in [0.15, 0.2) is 18.1 Å². The topological polar surface area (TPSA) is 64.6 Å². The zero-order chi connectivity index (χ0) is 18.4. The second-order valence-corrected chi connectivity index (χ2v) is 6.69. The van der Waals surface area contributed by atoms with Crippen molar-refractivity contribution in [1.82, 2.24) is 0 Å². The number of aldehydes is 1. The maximum absolute atomic E-state index is 12.1. The second kappa shape index (κ2) is 7.83. The van der Waals surface area contributed by atoms with Crippen molar-refractivity contribution in [2.24, 2.45) is 0 Å². The number of carbonyl (C=O) groups excluding carboxylic acids is 2. The van der Waals surface area contributed by atoms with E-state index in [4.69, 9.17) is 9.47 Å². The minimum absolute atomic E-state index is 0.0654. The summed E-state index contributed by atoms with van der Waals surface area (Å²) >= 11 is 0. The van der Waals surface area contributed by atoms with E-state index in [2.05, 4.69) is 26.1 Å². The van der Waals surface area contributed by atoms with Crippen LogP contribution in [0.3, 0.4) is 0 Å². The number of carbonyl (C=O) groups is 2. The first-order valence-electron chi connectivity index (χ1n) is 8.00. The van der Waals surface area contributed by atoms with E-state index in [9.17, 15) is 9.59 Å². The Hall–Kier alpha value is -2.82. The fourth-order valence-corrected chi connectivity index (χ4v) is 2.27. The number of benzene rings is 2. The molecular formula is C20H23NO4. The van der Waals surface area contributed by atoms with Crippen LogP contribution in [0.5, 0.6) is 11.5 Å². The predicted octanol–water partition coefficient (Wildman–Crippen LogP) is 3.82. The lowest BCUT2D eigenvalue weighted by Gasteiger charge is -2.19. The molecule has 0 heterocycles. The summed E-state index contributed by atoms with van der Waals surface area (Å²) in [5.74, 6) is 0.545. The molecule has 0 aliphatic carbocycles. The van der Waals surface area contributed by atoms with Crippen LogP contribution in [-0.2, 0) is 10.2 Å². The van der Waals surface area contributed by atoms with Crippen LogP contribution in [0.15, 0.2) is 42.5 Å². The van der Waals surface area contributed by atoms with Crippen LogP contribution < -0.4 is 14.8 Å². The maximum atomic E-state index is 12.1. The molecule has 0 radical (unpaired) electrons. The number of ether oxygens (including phenoxy) is 2. The third kappa shape index (κ3) is 5.08. The Morgan fingerprint density at radius 3 is 2.32 bits per heavy atom. The van der Waals surface area contributed by atoms with Gasteiger partial charge in [0.1, 0.15) is 6.29 Å². The first kappa shape index (κ1) is 18.5. The molecule has 132 valence electrons. The number of anilines is 1. The maximum Gasteiger partial charge on any atom is 0.262 e. The largest absolute Gasteiger partial charge is 0.493 e. The van der Waals surface area contributed by atoms with Crippen LogP contribution >= 0.6 is 0 Å². The zero-order valence-corrected chi connectivity index (χ0v) is 15.0. The molecule has 2 aromatic carbocycles. The van der Waals surface area contributed by atoms with Crippen LogP contribution in [-0.4, -0.2) is 25.9 Å². The lowest BCUT2D eigenvalue weighted by Crippen LogP contribution is -2.20. The van der Waals surface area contributed by atoms with Gasteiger partial charge in [-0.05, 0) is 41.3 Å². The van der Waals surface area contributed by atoms with E-state index in [1.165, 1.54) is 12.7 Å². The number of nitrogens with one attached hydrogen (secondary N) is 1. The molecule has 0 fully saturated rings. The highest BCUT2D eigenvalue weighted by atomic mass is 16.5. The highest BCUT2D eigenvalue weighted by Crippen LogP contribution is 2.27. The molecule has 0 saturated carbocycles. The summed E-state index contributed by atoms with van der Waals surface area (Å²) < 4.78 is 10.7. The summed E-state index contributed by atoms with van der Waals surface area (Å²) in [7, 11) is 1.48. The quantitative estimate of drug-likeness (QED) is 0.811. The summed E-state index contributed by atoms with van der Waals surface area (Å²) in [5, 5.41) is 2.79. The number of hydrogen-bond acceptors (Lipinski definition) is 4. The first-order valence-corrected chi connectivity index (χ1v) is 8.00. The van der Waals surface area contributed by atoms with Crippen LogP contribution in [0.2, 0.25) is 0 Å². The second-order valence-electron chi connectivity index (χ2n) is 6.69. The van der Waals surface area contributed by atoms with Crippen LogP contribution in [0, 0.1) is 0 Å². The van der Waals surface area contributed by atoms with Gasteiger partial charge >= 0.3 is 0 Å². The Morgan fingerprint density at radius 1 is 1.08 bits per heavy atom. The first-order chi connectivity index (χ1) is 11.8. The Morgan fingerprint density at radius 2 is 1.76 bits per heavy atom. The lowest BCUT2D eigenvalue weighted by atomic mass is 9.87. The third-order valence-corrected chi connectivity index (χ3v) is 3.72. The lowest BCUT2D eigenvalue weighted by molar-refractivity contribution is -0.118. The molecule has 0 saturated heterocycles. The SMILES string of the molecule is COc1cc(C=O)ccc1OCC(=O)Nc1ccc(C(C)(C)C)cc1. The molecule has 0 atom stereocenters. The van der Waals surface area contributed by atoms with E-state index in [1.54, 1.807) is 18.2 Å². The fraction of sp³-hybridized carbons (Fsp3) is 0.300. The Kier molecular flexibility index (Phi) is 5.80. The van der Waals surface area contributed by atoms with Gasteiger partial charge in [0, 0.05) is 11.3 Å². The van der Waals surface area contributed by atoms with Crippen molar-refractivity contribution in [3.63, 3.8) is 0 Å². The Balaban J connectivity index is 1.96. The van der Waals surface area contributed by atoms with Gasteiger partial charge in [-0.15, -0.1) is 0 Å². The van der Waals surface area contributed by atoms with Gasteiger partial charge in [-0.25, -0.2) is 0 Å². The predicted molar refractivity (Wildman–Crippen MR) is 97.6 cm³/mol. The van der Waals surface area contributed by atoms with Crippen molar-refractivity contribution in [3.8, 4) is 11.5 Å². The van der Waals surface area contributed by atoms with Crippen molar-refractivity contribution in [1.29, 1.82) is 0 Å². The van der Waals surface area contributed by atoms with E-state index in [0.717, 1.165) is 6.29 Å². The molecule has 5 heteroatoms. The normalized spacial score (nSPS) is 10.9. The van der Waals surface area contributed by atoms with Crippen LogP contribution in [0.1, 0.15) is 36.7 Å². The van der Waals surface area contributed by atoms with Crippen molar-refractivity contribution < 1.29 is 19.1 Å². The van der Waals surface area contributed by atoms with Gasteiger partial charge in [0.2, 0.25) is 0 Å². The van der Waals surface area contributed by atoms with Gasteiger partial charge < -0.3 is 14.8 Å². The minimum atomic E-state index is -0.273. The van der Waals surface area contributed by atoms with Crippen molar-refractivity contribution in [2.75, 3.05) is 19.0 Å². The fourth-order valence-electron chi connectivity index (χ4n) is 2.27. The molecule has 0 aromatic heterocycles. The Labute approximate surface area is 148 Å². The van der Waals surface area contributed by atoms with E-state index >= 15 is 0 Å². The van der Waals surface area contributed by atoms with E-state index < -0.39 is 0 Å². The molecule has 1 amide bonds. The number of methoxy groups -OCH3 is 1. The standard InChI is InChI=1S/C20H23NO4/c1-20(2,3)15-6-8-16(9-7-15)21-19(23)13-25-17-10-5-14(12-22)11-18(17)24-4/h5-12H,13H2,1-4H3,(H,21,23). The van der Waals surface area contributed by atoms with Crippen molar-refractivity contribution in [3.05, 3.63) is 53.6 Å². The summed E-state index contributed by atoms with van der Waals surface area (Å²) in [6.45, 7) is 6.25. The third-order valence-electron chi connectivity index (χ3n) is 3.72. The monoisotopic (exact) mass is 341 g/mol. The Bertz CT molecular complexity index is 745. The summed E-state index contributed by atoms with van der Waals surface area (Å²) in [6, 6.07) is 12.5. The molecule has 2 rings (SSSR count). The van der Waals surface area contributed by atoms with Gasteiger partial charge in [0.05, 0.1) is 7.11 Å². The molecule has 0 unspecified atom stereocenters.